The zero-order valence-corrected chi connectivity index (χ0v) is 20.9. The van der Waals surface area contributed by atoms with Gasteiger partial charge in [0.15, 0.2) is 11.6 Å². The molecule has 2 saturated heterocycles. The number of amides is 1. The lowest BCUT2D eigenvalue weighted by Gasteiger charge is -2.44. The number of hydrogen-bond acceptors (Lipinski definition) is 7. The first-order chi connectivity index (χ1) is 16.4. The van der Waals surface area contributed by atoms with E-state index in [0.717, 1.165) is 55.5 Å². The van der Waals surface area contributed by atoms with E-state index in [1.165, 1.54) is 5.56 Å². The van der Waals surface area contributed by atoms with E-state index in [9.17, 15) is 4.79 Å². The zero-order chi connectivity index (χ0) is 23.8. The van der Waals surface area contributed by atoms with Crippen molar-refractivity contribution in [2.24, 2.45) is 0 Å². The molecule has 0 saturated carbocycles. The van der Waals surface area contributed by atoms with Crippen molar-refractivity contribution in [3.8, 4) is 0 Å². The summed E-state index contributed by atoms with van der Waals surface area (Å²) in [5.74, 6) is 1.94. The van der Waals surface area contributed by atoms with Crippen LogP contribution in [0.4, 0.5) is 17.3 Å². The van der Waals surface area contributed by atoms with Crippen molar-refractivity contribution in [2.75, 3.05) is 54.9 Å². The predicted octanol–water partition coefficient (Wildman–Crippen LogP) is 2.95. The number of carbonyl (C=O) groups is 1. The Bertz CT molecular complexity index is 1020. The number of aromatic nitrogens is 2. The molecule has 9 heteroatoms. The van der Waals surface area contributed by atoms with E-state index in [1.807, 2.05) is 24.1 Å². The van der Waals surface area contributed by atoms with E-state index in [-0.39, 0.29) is 5.91 Å². The first-order valence-electron chi connectivity index (χ1n) is 12.2. The normalized spacial score (nSPS) is 23.3. The van der Waals surface area contributed by atoms with Gasteiger partial charge in [0.05, 0.1) is 6.54 Å². The van der Waals surface area contributed by atoms with Gasteiger partial charge >= 0.3 is 0 Å². The average molecular weight is 484 g/mol. The number of piperazine rings is 1. The van der Waals surface area contributed by atoms with Gasteiger partial charge < -0.3 is 20.4 Å². The minimum atomic E-state index is -0.0318. The fourth-order valence-electron chi connectivity index (χ4n) is 5.67. The summed E-state index contributed by atoms with van der Waals surface area (Å²) in [6.07, 6.45) is 3.89. The maximum Gasteiger partial charge on any atom is 0.245 e. The van der Waals surface area contributed by atoms with Crippen molar-refractivity contribution < 1.29 is 4.79 Å². The molecule has 1 amide bonds. The van der Waals surface area contributed by atoms with Gasteiger partial charge in [-0.05, 0) is 30.5 Å². The summed E-state index contributed by atoms with van der Waals surface area (Å²) in [4.78, 5) is 28.1. The molecular formula is C25H34ClN7O. The van der Waals surface area contributed by atoms with Crippen molar-refractivity contribution in [3.63, 3.8) is 0 Å². The molecule has 3 aliphatic heterocycles. The van der Waals surface area contributed by atoms with E-state index in [0.29, 0.717) is 36.4 Å². The molecule has 34 heavy (non-hydrogen) atoms. The first-order valence-corrected chi connectivity index (χ1v) is 12.6. The monoisotopic (exact) mass is 483 g/mol. The van der Waals surface area contributed by atoms with Crippen molar-refractivity contribution in [1.29, 1.82) is 0 Å². The third kappa shape index (κ3) is 4.72. The summed E-state index contributed by atoms with van der Waals surface area (Å²) >= 11 is 6.16. The zero-order valence-electron chi connectivity index (χ0n) is 20.2. The number of carbonyl (C=O) groups excluding carboxylic acids is 1. The van der Waals surface area contributed by atoms with Crippen molar-refractivity contribution in [1.82, 2.24) is 20.2 Å². The highest BCUT2D eigenvalue weighted by atomic mass is 35.5. The molecule has 3 atom stereocenters. The third-order valence-electron chi connectivity index (χ3n) is 7.22. The lowest BCUT2D eigenvalue weighted by Crippen LogP contribution is -2.55. The lowest BCUT2D eigenvalue weighted by atomic mass is 9.97. The van der Waals surface area contributed by atoms with Gasteiger partial charge in [-0.3, -0.25) is 9.69 Å². The Kier molecular flexibility index (Phi) is 6.64. The molecule has 8 nitrogen and oxygen atoms in total. The van der Waals surface area contributed by atoms with Gasteiger partial charge in [-0.2, -0.15) is 0 Å². The smallest absolute Gasteiger partial charge is 0.245 e. The summed E-state index contributed by atoms with van der Waals surface area (Å²) in [5, 5.41) is 7.33. The van der Waals surface area contributed by atoms with Crippen LogP contribution in [0.25, 0.3) is 0 Å². The Morgan fingerprint density at radius 3 is 2.53 bits per heavy atom. The van der Waals surface area contributed by atoms with Crippen molar-refractivity contribution in [3.05, 3.63) is 41.2 Å². The van der Waals surface area contributed by atoms with Crippen LogP contribution in [0.5, 0.6) is 0 Å². The molecule has 2 N–H and O–H groups in total. The standard InChI is InChI=1S/C25H34ClN7O/c1-16(2)27-10-18(17-4-6-19(26)7-5-17)11-32-12-20-8-9-21(13-32)33(20)25-23-24(28-15-29-25)30-22(34)14-31(23)3/h4-7,15-16,18,20-21,27H,8-14H2,1-3H3,(H,28,29,30,34)/t18-,20?,21?/m0/s1. The van der Waals surface area contributed by atoms with Gasteiger partial charge in [0, 0.05) is 62.3 Å². The van der Waals surface area contributed by atoms with Gasteiger partial charge in [0.1, 0.15) is 12.0 Å². The number of halogens is 1. The van der Waals surface area contributed by atoms with Crippen molar-refractivity contribution in [2.45, 2.75) is 50.7 Å². The highest BCUT2D eigenvalue weighted by molar-refractivity contribution is 6.30. The molecule has 2 fully saturated rings. The molecular weight excluding hydrogens is 450 g/mol. The average Bonchev–Trinajstić information content (AvgIpc) is 3.06. The van der Waals surface area contributed by atoms with Crippen LogP contribution in [-0.4, -0.2) is 78.7 Å². The number of likely N-dealkylation sites (tertiary alicyclic amines) is 1. The van der Waals surface area contributed by atoms with Crippen LogP contribution in [0.2, 0.25) is 5.02 Å². The number of benzene rings is 1. The van der Waals surface area contributed by atoms with Gasteiger partial charge in [0.25, 0.3) is 0 Å². The number of anilines is 3. The Labute approximate surface area is 206 Å². The summed E-state index contributed by atoms with van der Waals surface area (Å²) < 4.78 is 0. The molecule has 1 aromatic carbocycles. The molecule has 2 aromatic rings. The molecule has 1 aromatic heterocycles. The molecule has 3 aliphatic rings. The van der Waals surface area contributed by atoms with Gasteiger partial charge in [-0.15, -0.1) is 0 Å². The Morgan fingerprint density at radius 2 is 1.85 bits per heavy atom. The second kappa shape index (κ2) is 9.68. The fraction of sp³-hybridized carbons (Fsp3) is 0.560. The summed E-state index contributed by atoms with van der Waals surface area (Å²) in [7, 11) is 1.95. The van der Waals surface area contributed by atoms with E-state index < -0.39 is 0 Å². The number of hydrogen-bond donors (Lipinski definition) is 2. The topological polar surface area (TPSA) is 76.6 Å². The molecule has 0 radical (unpaired) electrons. The molecule has 2 unspecified atom stereocenters. The van der Waals surface area contributed by atoms with Crippen molar-refractivity contribution >= 4 is 34.8 Å². The number of likely N-dealkylation sites (N-methyl/N-ethyl adjacent to an activating group) is 1. The van der Waals surface area contributed by atoms with Crippen LogP contribution in [0.1, 0.15) is 38.2 Å². The minimum absolute atomic E-state index is 0.0318. The van der Waals surface area contributed by atoms with Crippen LogP contribution in [0, 0.1) is 0 Å². The fourth-order valence-corrected chi connectivity index (χ4v) is 5.79. The number of fused-ring (bicyclic) bond motifs is 3. The second-order valence-corrected chi connectivity index (χ2v) is 10.6. The molecule has 2 bridgehead atoms. The Morgan fingerprint density at radius 1 is 1.15 bits per heavy atom. The highest BCUT2D eigenvalue weighted by Gasteiger charge is 2.43. The first kappa shape index (κ1) is 23.3. The van der Waals surface area contributed by atoms with E-state index in [2.05, 4.69) is 51.4 Å². The summed E-state index contributed by atoms with van der Waals surface area (Å²) in [5.41, 5.74) is 2.27. The molecule has 182 valence electrons. The molecule has 5 rings (SSSR count). The predicted molar refractivity (Wildman–Crippen MR) is 137 cm³/mol. The molecule has 0 spiro atoms. The number of nitrogens with zero attached hydrogens (tertiary/aromatic N) is 5. The van der Waals surface area contributed by atoms with Gasteiger partial charge in [-0.25, -0.2) is 9.97 Å². The van der Waals surface area contributed by atoms with Crippen LogP contribution in [0.15, 0.2) is 30.6 Å². The van der Waals surface area contributed by atoms with Crippen LogP contribution < -0.4 is 20.4 Å². The Hall–Kier alpha value is -2.42. The van der Waals surface area contributed by atoms with Gasteiger partial charge in [0.2, 0.25) is 5.91 Å². The molecule has 0 aliphatic carbocycles. The minimum Gasteiger partial charge on any atom is -0.359 e. The quantitative estimate of drug-likeness (QED) is 0.627. The lowest BCUT2D eigenvalue weighted by molar-refractivity contribution is -0.115. The summed E-state index contributed by atoms with van der Waals surface area (Å²) in [6, 6.07) is 9.58. The third-order valence-corrected chi connectivity index (χ3v) is 7.47. The van der Waals surface area contributed by atoms with Crippen LogP contribution >= 0.6 is 11.6 Å². The second-order valence-electron chi connectivity index (χ2n) is 10.1. The molecule has 4 heterocycles. The number of rotatable bonds is 7. The van der Waals surface area contributed by atoms with E-state index in [1.54, 1.807) is 6.33 Å². The Balaban J connectivity index is 1.34. The SMILES string of the molecule is CC(C)NC[C@@H](CN1CC2CCC(C1)N2c1ncnc2c1N(C)CC(=O)N2)c1ccc(Cl)cc1. The van der Waals surface area contributed by atoms with E-state index >= 15 is 0 Å². The maximum absolute atomic E-state index is 12.0. The van der Waals surface area contributed by atoms with E-state index in [4.69, 9.17) is 16.6 Å². The van der Waals surface area contributed by atoms with Crippen LogP contribution in [-0.2, 0) is 4.79 Å². The highest BCUT2D eigenvalue weighted by Crippen LogP contribution is 2.42. The summed E-state index contributed by atoms with van der Waals surface area (Å²) in [6.45, 7) is 8.70. The number of nitrogens with one attached hydrogen (secondary N) is 2. The van der Waals surface area contributed by atoms with Gasteiger partial charge in [-0.1, -0.05) is 37.6 Å². The van der Waals surface area contributed by atoms with Crippen LogP contribution in [0.3, 0.4) is 0 Å². The maximum atomic E-state index is 12.0. The largest absolute Gasteiger partial charge is 0.359 e.